The number of aryl methyl sites for hydroxylation is 1. The minimum absolute atomic E-state index is 0.00890. The molecule has 0 aliphatic rings. The number of nitrogens with one attached hydrogen (secondary N) is 2. The SMILES string of the molecule is Cc1cc(F)c(NC(=O)c2cn[nH]n2)cc1F. The number of rotatable bonds is 2. The number of amides is 1. The van der Waals surface area contributed by atoms with E-state index in [1.807, 2.05) is 0 Å². The average molecular weight is 238 g/mol. The van der Waals surface area contributed by atoms with E-state index < -0.39 is 17.5 Å². The molecule has 17 heavy (non-hydrogen) atoms. The van der Waals surface area contributed by atoms with Gasteiger partial charge in [-0.2, -0.15) is 15.4 Å². The lowest BCUT2D eigenvalue weighted by atomic mass is 10.2. The second kappa shape index (κ2) is 4.28. The Balaban J connectivity index is 2.25. The first kappa shape index (κ1) is 11.2. The Kier molecular flexibility index (Phi) is 2.82. The van der Waals surface area contributed by atoms with E-state index >= 15 is 0 Å². The number of benzene rings is 1. The van der Waals surface area contributed by atoms with Gasteiger partial charge in [0, 0.05) is 6.07 Å². The first-order valence-corrected chi connectivity index (χ1v) is 4.70. The molecule has 0 radical (unpaired) electrons. The highest BCUT2D eigenvalue weighted by molar-refractivity contribution is 6.02. The van der Waals surface area contributed by atoms with Gasteiger partial charge >= 0.3 is 0 Å². The van der Waals surface area contributed by atoms with Gasteiger partial charge in [0.2, 0.25) is 0 Å². The molecule has 0 aliphatic heterocycles. The molecule has 0 saturated heterocycles. The fourth-order valence-corrected chi connectivity index (χ4v) is 1.24. The molecular weight excluding hydrogens is 230 g/mol. The number of hydrogen-bond donors (Lipinski definition) is 2. The van der Waals surface area contributed by atoms with Crippen molar-refractivity contribution in [1.29, 1.82) is 0 Å². The molecular formula is C10H8F2N4O. The summed E-state index contributed by atoms with van der Waals surface area (Å²) in [6, 6.07) is 1.93. The molecule has 1 aromatic carbocycles. The molecule has 0 spiro atoms. The molecule has 7 heteroatoms. The number of anilines is 1. The third kappa shape index (κ3) is 2.27. The molecule has 0 atom stereocenters. The summed E-state index contributed by atoms with van der Waals surface area (Å²) >= 11 is 0. The highest BCUT2D eigenvalue weighted by atomic mass is 19.1. The van der Waals surface area contributed by atoms with Crippen molar-refractivity contribution in [3.8, 4) is 0 Å². The second-order valence-corrected chi connectivity index (χ2v) is 3.39. The minimum atomic E-state index is -0.708. The summed E-state index contributed by atoms with van der Waals surface area (Å²) in [7, 11) is 0. The predicted octanol–water partition coefficient (Wildman–Crippen LogP) is 1.64. The van der Waals surface area contributed by atoms with Crippen LogP contribution in [0.2, 0.25) is 0 Å². The van der Waals surface area contributed by atoms with Crippen molar-refractivity contribution in [2.45, 2.75) is 6.92 Å². The second-order valence-electron chi connectivity index (χ2n) is 3.39. The van der Waals surface area contributed by atoms with E-state index in [2.05, 4.69) is 20.7 Å². The molecule has 0 aliphatic carbocycles. The lowest BCUT2D eigenvalue weighted by molar-refractivity contribution is 0.102. The molecule has 88 valence electrons. The number of hydrogen-bond acceptors (Lipinski definition) is 3. The van der Waals surface area contributed by atoms with Crippen molar-refractivity contribution >= 4 is 11.6 Å². The van der Waals surface area contributed by atoms with Gasteiger partial charge in [-0.25, -0.2) is 8.78 Å². The molecule has 2 rings (SSSR count). The van der Waals surface area contributed by atoms with Crippen LogP contribution in [0.15, 0.2) is 18.3 Å². The van der Waals surface area contributed by atoms with Crippen LogP contribution >= 0.6 is 0 Å². The van der Waals surface area contributed by atoms with Crippen LogP contribution < -0.4 is 5.32 Å². The smallest absolute Gasteiger partial charge is 0.277 e. The van der Waals surface area contributed by atoms with Crippen molar-refractivity contribution in [1.82, 2.24) is 15.4 Å². The summed E-state index contributed by atoms with van der Waals surface area (Å²) in [6.07, 6.45) is 1.18. The van der Waals surface area contributed by atoms with Gasteiger partial charge in [-0.15, -0.1) is 0 Å². The third-order valence-electron chi connectivity index (χ3n) is 2.14. The van der Waals surface area contributed by atoms with Gasteiger partial charge < -0.3 is 5.32 Å². The Morgan fingerprint density at radius 1 is 1.35 bits per heavy atom. The standard InChI is InChI=1S/C10H8F2N4O/c1-5-2-7(12)8(3-6(5)11)14-10(17)9-4-13-16-15-9/h2-4H,1H3,(H,14,17)(H,13,15,16). The maximum absolute atomic E-state index is 13.4. The Labute approximate surface area is 94.8 Å². The van der Waals surface area contributed by atoms with Gasteiger partial charge in [0.25, 0.3) is 5.91 Å². The Morgan fingerprint density at radius 3 is 2.76 bits per heavy atom. The third-order valence-corrected chi connectivity index (χ3v) is 2.14. The van der Waals surface area contributed by atoms with E-state index in [1.54, 1.807) is 0 Å². The maximum atomic E-state index is 13.4. The maximum Gasteiger partial charge on any atom is 0.277 e. The molecule has 0 bridgehead atoms. The number of carbonyl (C=O) groups is 1. The van der Waals surface area contributed by atoms with Gasteiger partial charge in [0.15, 0.2) is 5.69 Å². The molecule has 2 aromatic rings. The number of halogens is 2. The molecule has 2 N–H and O–H groups in total. The van der Waals surface area contributed by atoms with Crippen LogP contribution in [0.1, 0.15) is 16.1 Å². The van der Waals surface area contributed by atoms with Gasteiger partial charge in [-0.1, -0.05) is 0 Å². The number of aromatic nitrogens is 3. The number of H-pyrrole nitrogens is 1. The van der Waals surface area contributed by atoms with Crippen LogP contribution in [-0.2, 0) is 0 Å². The lowest BCUT2D eigenvalue weighted by Crippen LogP contribution is -2.14. The predicted molar refractivity (Wildman–Crippen MR) is 55.4 cm³/mol. The fraction of sp³-hybridized carbons (Fsp3) is 0.100. The van der Waals surface area contributed by atoms with Crippen LogP contribution in [0, 0.1) is 18.6 Å². The van der Waals surface area contributed by atoms with E-state index in [9.17, 15) is 13.6 Å². The van der Waals surface area contributed by atoms with Crippen LogP contribution in [0.3, 0.4) is 0 Å². The quantitative estimate of drug-likeness (QED) is 0.835. The monoisotopic (exact) mass is 238 g/mol. The normalized spacial score (nSPS) is 10.3. The fourth-order valence-electron chi connectivity index (χ4n) is 1.24. The Bertz CT molecular complexity index is 554. The highest BCUT2D eigenvalue weighted by Gasteiger charge is 2.13. The molecule has 0 fully saturated rings. The van der Waals surface area contributed by atoms with E-state index in [4.69, 9.17) is 0 Å². The number of aromatic amines is 1. The van der Waals surface area contributed by atoms with Gasteiger partial charge in [0.05, 0.1) is 11.9 Å². The number of nitrogens with zero attached hydrogens (tertiary/aromatic N) is 2. The van der Waals surface area contributed by atoms with Crippen LogP contribution in [-0.4, -0.2) is 21.3 Å². The van der Waals surface area contributed by atoms with Crippen molar-refractivity contribution in [3.05, 3.63) is 41.2 Å². The van der Waals surface area contributed by atoms with E-state index in [1.165, 1.54) is 13.1 Å². The summed E-state index contributed by atoms with van der Waals surface area (Å²) in [6.45, 7) is 1.43. The van der Waals surface area contributed by atoms with Crippen LogP contribution in [0.5, 0.6) is 0 Å². The summed E-state index contributed by atoms with van der Waals surface area (Å²) in [5, 5.41) is 11.4. The molecule has 1 aromatic heterocycles. The molecule has 1 heterocycles. The largest absolute Gasteiger partial charge is 0.318 e. The molecule has 0 saturated carbocycles. The van der Waals surface area contributed by atoms with Crippen molar-refractivity contribution in [3.63, 3.8) is 0 Å². The summed E-state index contributed by atoms with van der Waals surface area (Å²) < 4.78 is 26.6. The summed E-state index contributed by atoms with van der Waals surface area (Å²) in [4.78, 5) is 11.5. The first-order valence-electron chi connectivity index (χ1n) is 4.70. The van der Waals surface area contributed by atoms with E-state index in [-0.39, 0.29) is 16.9 Å². The molecule has 1 amide bonds. The van der Waals surface area contributed by atoms with Crippen molar-refractivity contribution in [2.24, 2.45) is 0 Å². The first-order chi connectivity index (χ1) is 8.08. The zero-order valence-corrected chi connectivity index (χ0v) is 8.79. The van der Waals surface area contributed by atoms with E-state index in [0.717, 1.165) is 12.1 Å². The Hall–Kier alpha value is -2.31. The molecule has 0 unspecified atom stereocenters. The minimum Gasteiger partial charge on any atom is -0.318 e. The average Bonchev–Trinajstić information content (AvgIpc) is 2.79. The zero-order valence-electron chi connectivity index (χ0n) is 8.79. The zero-order chi connectivity index (χ0) is 12.4. The topological polar surface area (TPSA) is 70.7 Å². The van der Waals surface area contributed by atoms with Gasteiger partial charge in [0.1, 0.15) is 11.6 Å². The van der Waals surface area contributed by atoms with Gasteiger partial charge in [-0.05, 0) is 18.6 Å². The highest BCUT2D eigenvalue weighted by Crippen LogP contribution is 2.19. The Morgan fingerprint density at radius 2 is 2.12 bits per heavy atom. The van der Waals surface area contributed by atoms with Crippen LogP contribution in [0.25, 0.3) is 0 Å². The number of carbonyl (C=O) groups excluding carboxylic acids is 1. The summed E-state index contributed by atoms with van der Waals surface area (Å²) in [5.74, 6) is -1.97. The van der Waals surface area contributed by atoms with Crippen LogP contribution in [0.4, 0.5) is 14.5 Å². The summed E-state index contributed by atoms with van der Waals surface area (Å²) in [5.41, 5.74) is -0.0755. The molecule has 5 nitrogen and oxygen atoms in total. The lowest BCUT2D eigenvalue weighted by Gasteiger charge is -2.06. The van der Waals surface area contributed by atoms with Crippen molar-refractivity contribution < 1.29 is 13.6 Å². The van der Waals surface area contributed by atoms with E-state index in [0.29, 0.717) is 0 Å². The van der Waals surface area contributed by atoms with Gasteiger partial charge in [-0.3, -0.25) is 4.79 Å². The van der Waals surface area contributed by atoms with Crippen molar-refractivity contribution in [2.75, 3.05) is 5.32 Å².